The zero-order chi connectivity index (χ0) is 18.7. The van der Waals surface area contributed by atoms with Crippen molar-refractivity contribution < 1.29 is 9.53 Å². The van der Waals surface area contributed by atoms with Crippen LogP contribution in [0.15, 0.2) is 24.3 Å². The minimum Gasteiger partial charge on any atom is -0.378 e. The fourth-order valence-corrected chi connectivity index (χ4v) is 3.27. The summed E-state index contributed by atoms with van der Waals surface area (Å²) in [6, 6.07) is 5.48. The van der Waals surface area contributed by atoms with Gasteiger partial charge in [-0.25, -0.2) is 0 Å². The minimum absolute atomic E-state index is 0.263. The van der Waals surface area contributed by atoms with Crippen LogP contribution in [0.25, 0.3) is 6.08 Å². The fraction of sp³-hybridized carbons (Fsp3) is 0.333. The van der Waals surface area contributed by atoms with Gasteiger partial charge in [-0.3, -0.25) is 9.48 Å². The lowest BCUT2D eigenvalue weighted by Crippen LogP contribution is -2.36. The number of nitrogens with one attached hydrogen (secondary N) is 1. The number of carbonyl (C=O) groups is 1. The summed E-state index contributed by atoms with van der Waals surface area (Å²) in [5.41, 5.74) is 3.08. The second-order valence-corrected chi connectivity index (χ2v) is 6.79. The molecule has 1 saturated heterocycles. The van der Waals surface area contributed by atoms with Gasteiger partial charge in [-0.15, -0.1) is 0 Å². The molecule has 2 aromatic rings. The summed E-state index contributed by atoms with van der Waals surface area (Å²) >= 11 is 12.3. The molecule has 0 unspecified atom stereocenters. The summed E-state index contributed by atoms with van der Waals surface area (Å²) in [5, 5.41) is 8.18. The standard InChI is InChI=1S/C18H20Cl2N4O2/c1-12-14(18(20)23(2)22-12)4-6-17(25)21-15-11-13(19)3-5-16(15)24-7-9-26-10-8-24/h3-6,11H,7-10H2,1-2H3,(H,21,25)/b6-4+. The monoisotopic (exact) mass is 394 g/mol. The molecule has 0 bridgehead atoms. The van der Waals surface area contributed by atoms with Crippen molar-refractivity contribution in [3.63, 3.8) is 0 Å². The molecule has 1 aliphatic heterocycles. The molecule has 1 N–H and O–H groups in total. The van der Waals surface area contributed by atoms with E-state index >= 15 is 0 Å². The van der Waals surface area contributed by atoms with Crippen LogP contribution in [0.4, 0.5) is 11.4 Å². The summed E-state index contributed by atoms with van der Waals surface area (Å²) in [5.74, 6) is -0.263. The molecule has 1 aromatic heterocycles. The molecule has 0 spiro atoms. The number of hydrogen-bond donors (Lipinski definition) is 1. The molecule has 2 heterocycles. The largest absolute Gasteiger partial charge is 0.378 e. The number of hydrogen-bond acceptors (Lipinski definition) is 4. The Labute approximate surface area is 162 Å². The van der Waals surface area contributed by atoms with E-state index in [2.05, 4.69) is 15.3 Å². The van der Waals surface area contributed by atoms with Gasteiger partial charge in [0.2, 0.25) is 5.91 Å². The molecule has 1 amide bonds. The first-order valence-corrected chi connectivity index (χ1v) is 9.01. The Hall–Kier alpha value is -2.02. The van der Waals surface area contributed by atoms with Gasteiger partial charge >= 0.3 is 0 Å². The predicted molar refractivity (Wildman–Crippen MR) is 105 cm³/mol. The van der Waals surface area contributed by atoms with Crippen LogP contribution in [-0.2, 0) is 16.6 Å². The van der Waals surface area contributed by atoms with Gasteiger partial charge in [0.25, 0.3) is 0 Å². The van der Waals surface area contributed by atoms with Crippen LogP contribution in [-0.4, -0.2) is 42.0 Å². The molecule has 1 aromatic carbocycles. The Morgan fingerprint density at radius 1 is 1.31 bits per heavy atom. The van der Waals surface area contributed by atoms with Crippen LogP contribution in [0, 0.1) is 6.92 Å². The van der Waals surface area contributed by atoms with Crippen molar-refractivity contribution in [1.29, 1.82) is 0 Å². The highest BCUT2D eigenvalue weighted by atomic mass is 35.5. The average molecular weight is 395 g/mol. The number of aryl methyl sites for hydroxylation is 2. The molecule has 0 radical (unpaired) electrons. The summed E-state index contributed by atoms with van der Waals surface area (Å²) in [4.78, 5) is 14.6. The maximum Gasteiger partial charge on any atom is 0.248 e. The molecule has 26 heavy (non-hydrogen) atoms. The summed E-state index contributed by atoms with van der Waals surface area (Å²) in [6.45, 7) is 4.70. The molecular formula is C18H20Cl2N4O2. The first-order chi connectivity index (χ1) is 12.5. The molecule has 8 heteroatoms. The second kappa shape index (κ2) is 8.12. The number of nitrogens with zero attached hydrogens (tertiary/aromatic N) is 3. The van der Waals surface area contributed by atoms with Crippen molar-refractivity contribution in [2.45, 2.75) is 6.92 Å². The van der Waals surface area contributed by atoms with E-state index in [-0.39, 0.29) is 5.91 Å². The fourth-order valence-electron chi connectivity index (χ4n) is 2.86. The number of aromatic nitrogens is 2. The SMILES string of the molecule is Cc1nn(C)c(Cl)c1/C=C/C(=O)Nc1cc(Cl)ccc1N1CCOCC1. The van der Waals surface area contributed by atoms with Gasteiger partial charge in [0.1, 0.15) is 5.15 Å². The summed E-state index contributed by atoms with van der Waals surface area (Å²) < 4.78 is 6.96. The number of morpholine rings is 1. The minimum atomic E-state index is -0.263. The van der Waals surface area contributed by atoms with Crippen molar-refractivity contribution in [2.24, 2.45) is 7.05 Å². The maximum absolute atomic E-state index is 12.4. The van der Waals surface area contributed by atoms with Gasteiger partial charge in [-0.2, -0.15) is 5.10 Å². The predicted octanol–water partition coefficient (Wildman–Crippen LogP) is 3.52. The molecule has 0 atom stereocenters. The molecular weight excluding hydrogens is 375 g/mol. The maximum atomic E-state index is 12.4. The first kappa shape index (κ1) is 18.8. The van der Waals surface area contributed by atoms with Gasteiger partial charge in [0, 0.05) is 36.8 Å². The number of halogens is 2. The molecule has 1 aliphatic rings. The smallest absolute Gasteiger partial charge is 0.248 e. The number of rotatable bonds is 4. The molecule has 3 rings (SSSR count). The van der Waals surface area contributed by atoms with E-state index in [0.717, 1.165) is 30.0 Å². The normalized spacial score (nSPS) is 14.8. The quantitative estimate of drug-likeness (QED) is 0.805. The molecule has 1 fully saturated rings. The topological polar surface area (TPSA) is 59.4 Å². The Morgan fingerprint density at radius 2 is 2.04 bits per heavy atom. The van der Waals surface area contributed by atoms with E-state index in [4.69, 9.17) is 27.9 Å². The lowest BCUT2D eigenvalue weighted by molar-refractivity contribution is -0.111. The van der Waals surface area contributed by atoms with Gasteiger partial charge in [-0.05, 0) is 31.2 Å². The van der Waals surface area contributed by atoms with Crippen molar-refractivity contribution in [3.8, 4) is 0 Å². The average Bonchev–Trinajstić information content (AvgIpc) is 2.86. The highest BCUT2D eigenvalue weighted by Crippen LogP contribution is 2.30. The Balaban J connectivity index is 1.78. The van der Waals surface area contributed by atoms with Crippen LogP contribution >= 0.6 is 23.2 Å². The molecule has 138 valence electrons. The number of amides is 1. The van der Waals surface area contributed by atoms with Crippen LogP contribution in [0.2, 0.25) is 10.2 Å². The van der Waals surface area contributed by atoms with Crippen LogP contribution in [0.3, 0.4) is 0 Å². The second-order valence-electron chi connectivity index (χ2n) is 6.00. The highest BCUT2D eigenvalue weighted by Gasteiger charge is 2.16. The van der Waals surface area contributed by atoms with Gasteiger partial charge in [-0.1, -0.05) is 23.2 Å². The highest BCUT2D eigenvalue weighted by molar-refractivity contribution is 6.31. The number of ether oxygens (including phenoxy) is 1. The Bertz CT molecular complexity index is 842. The van der Waals surface area contributed by atoms with Crippen molar-refractivity contribution >= 4 is 46.6 Å². The first-order valence-electron chi connectivity index (χ1n) is 8.26. The van der Waals surface area contributed by atoms with E-state index in [9.17, 15) is 4.79 Å². The lowest BCUT2D eigenvalue weighted by Gasteiger charge is -2.30. The zero-order valence-corrected chi connectivity index (χ0v) is 16.1. The molecule has 0 aliphatic carbocycles. The van der Waals surface area contributed by atoms with Gasteiger partial charge < -0.3 is 15.0 Å². The Morgan fingerprint density at radius 3 is 2.69 bits per heavy atom. The zero-order valence-electron chi connectivity index (χ0n) is 14.6. The van der Waals surface area contributed by atoms with Crippen LogP contribution in [0.1, 0.15) is 11.3 Å². The third-order valence-electron chi connectivity index (χ3n) is 4.17. The third-order valence-corrected chi connectivity index (χ3v) is 4.85. The van der Waals surface area contributed by atoms with Crippen molar-refractivity contribution in [1.82, 2.24) is 9.78 Å². The lowest BCUT2D eigenvalue weighted by atomic mass is 10.2. The van der Waals surface area contributed by atoms with E-state index in [1.807, 2.05) is 19.1 Å². The van der Waals surface area contributed by atoms with Crippen LogP contribution in [0.5, 0.6) is 0 Å². The van der Waals surface area contributed by atoms with Crippen LogP contribution < -0.4 is 10.2 Å². The Kier molecular flexibility index (Phi) is 5.86. The third kappa shape index (κ3) is 4.20. The number of benzene rings is 1. The van der Waals surface area contributed by atoms with Gasteiger partial charge in [0.15, 0.2) is 0 Å². The van der Waals surface area contributed by atoms with Crippen molar-refractivity contribution in [3.05, 3.63) is 45.7 Å². The molecule has 0 saturated carbocycles. The van der Waals surface area contributed by atoms with Crippen molar-refractivity contribution in [2.75, 3.05) is 36.5 Å². The van der Waals surface area contributed by atoms with E-state index in [1.165, 1.54) is 6.08 Å². The molecule has 6 nitrogen and oxygen atoms in total. The summed E-state index contributed by atoms with van der Waals surface area (Å²) in [6.07, 6.45) is 3.11. The van der Waals surface area contributed by atoms with Gasteiger partial charge in [0.05, 0.1) is 30.3 Å². The number of anilines is 2. The van der Waals surface area contributed by atoms with E-state index < -0.39 is 0 Å². The van der Waals surface area contributed by atoms with E-state index in [1.54, 1.807) is 23.9 Å². The summed E-state index contributed by atoms with van der Waals surface area (Å²) in [7, 11) is 1.76. The number of carbonyl (C=O) groups excluding carboxylic acids is 1. The van der Waals surface area contributed by atoms with E-state index in [0.29, 0.717) is 29.1 Å².